The Morgan fingerprint density at radius 2 is 2.43 bits per heavy atom. The van der Waals surface area contributed by atoms with E-state index in [1.807, 2.05) is 13.8 Å². The van der Waals surface area contributed by atoms with E-state index in [2.05, 4.69) is 5.32 Å². The molecule has 1 rings (SSSR count). The van der Waals surface area contributed by atoms with Crippen LogP contribution < -0.4 is 5.32 Å². The molecule has 14 heavy (non-hydrogen) atoms. The first-order valence-electron chi connectivity index (χ1n) is 4.93. The Labute approximate surface area is 84.6 Å². The van der Waals surface area contributed by atoms with E-state index in [-0.39, 0.29) is 12.5 Å². The predicted molar refractivity (Wildman–Crippen MR) is 53.1 cm³/mol. The molecule has 1 fully saturated rings. The number of aliphatic hydroxyl groups excluding tert-OH is 1. The van der Waals surface area contributed by atoms with Crippen molar-refractivity contribution >= 4 is 6.29 Å². The first-order valence-corrected chi connectivity index (χ1v) is 4.93. The van der Waals surface area contributed by atoms with Crippen molar-refractivity contribution in [2.24, 2.45) is 5.92 Å². The van der Waals surface area contributed by atoms with Crippen LogP contribution in [-0.4, -0.2) is 42.8 Å². The van der Waals surface area contributed by atoms with Crippen molar-refractivity contribution < 1.29 is 14.6 Å². The molecule has 1 aliphatic heterocycles. The third-order valence-corrected chi connectivity index (χ3v) is 3.67. The number of ether oxygens (including phenoxy) is 1. The van der Waals surface area contributed by atoms with Gasteiger partial charge in [-0.2, -0.15) is 0 Å². The maximum Gasteiger partial charge on any atom is 0.126 e. The lowest BCUT2D eigenvalue weighted by Gasteiger charge is -2.44. The highest BCUT2D eigenvalue weighted by Crippen LogP contribution is 2.39. The molecule has 1 saturated heterocycles. The zero-order valence-electron chi connectivity index (χ0n) is 9.04. The van der Waals surface area contributed by atoms with Crippen molar-refractivity contribution in [2.75, 3.05) is 20.3 Å². The maximum absolute atomic E-state index is 10.9. The summed E-state index contributed by atoms with van der Waals surface area (Å²) in [6.07, 6.45) is 1.66. The Morgan fingerprint density at radius 3 is 2.86 bits per heavy atom. The van der Waals surface area contributed by atoms with E-state index in [4.69, 9.17) is 4.74 Å². The number of hydrogen-bond acceptors (Lipinski definition) is 4. The first kappa shape index (κ1) is 11.6. The molecule has 0 spiro atoms. The molecule has 0 aromatic carbocycles. The average Bonchev–Trinajstić information content (AvgIpc) is 2.59. The molecule has 0 radical (unpaired) electrons. The summed E-state index contributed by atoms with van der Waals surface area (Å²) in [5.74, 6) is -0.146. The molecule has 3 atom stereocenters. The van der Waals surface area contributed by atoms with Gasteiger partial charge in [-0.25, -0.2) is 0 Å². The summed E-state index contributed by atoms with van der Waals surface area (Å²) in [4.78, 5) is 10.9. The fourth-order valence-corrected chi connectivity index (χ4v) is 2.03. The van der Waals surface area contributed by atoms with Gasteiger partial charge in [-0.1, -0.05) is 0 Å². The molecule has 0 aliphatic carbocycles. The molecule has 0 aromatic rings. The van der Waals surface area contributed by atoms with Crippen molar-refractivity contribution in [1.29, 1.82) is 0 Å². The Hall–Kier alpha value is -0.450. The summed E-state index contributed by atoms with van der Waals surface area (Å²) < 4.78 is 5.64. The fourth-order valence-electron chi connectivity index (χ4n) is 2.03. The minimum Gasteiger partial charge on any atom is -0.394 e. The SMILES string of the molecule is CN[C@](C)(CO)[C@@]1(C)OCCC1C=O. The van der Waals surface area contributed by atoms with Crippen LogP contribution in [0.2, 0.25) is 0 Å². The Bertz CT molecular complexity index is 215. The van der Waals surface area contributed by atoms with Crippen LogP contribution in [0.1, 0.15) is 20.3 Å². The monoisotopic (exact) mass is 201 g/mol. The van der Waals surface area contributed by atoms with Gasteiger partial charge < -0.3 is 20.0 Å². The molecule has 1 heterocycles. The van der Waals surface area contributed by atoms with Gasteiger partial charge in [0.05, 0.1) is 17.7 Å². The van der Waals surface area contributed by atoms with Gasteiger partial charge in [0.2, 0.25) is 0 Å². The summed E-state index contributed by atoms with van der Waals surface area (Å²) in [5.41, 5.74) is -1.19. The molecule has 1 unspecified atom stereocenters. The van der Waals surface area contributed by atoms with E-state index >= 15 is 0 Å². The zero-order chi connectivity index (χ0) is 10.8. The second-order valence-corrected chi connectivity index (χ2v) is 4.23. The van der Waals surface area contributed by atoms with E-state index < -0.39 is 11.1 Å². The van der Waals surface area contributed by atoms with Gasteiger partial charge in [0.1, 0.15) is 6.29 Å². The lowest BCUT2D eigenvalue weighted by atomic mass is 9.75. The minimum atomic E-state index is -0.613. The summed E-state index contributed by atoms with van der Waals surface area (Å²) >= 11 is 0. The van der Waals surface area contributed by atoms with E-state index in [0.717, 1.165) is 12.7 Å². The Morgan fingerprint density at radius 1 is 1.79 bits per heavy atom. The molecule has 82 valence electrons. The topological polar surface area (TPSA) is 58.6 Å². The quantitative estimate of drug-likeness (QED) is 0.626. The second kappa shape index (κ2) is 3.96. The molecule has 0 amide bonds. The average molecular weight is 201 g/mol. The lowest BCUT2D eigenvalue weighted by Crippen LogP contribution is -2.63. The van der Waals surface area contributed by atoms with Gasteiger partial charge in [-0.15, -0.1) is 0 Å². The third-order valence-electron chi connectivity index (χ3n) is 3.67. The van der Waals surface area contributed by atoms with Gasteiger partial charge in [-0.05, 0) is 27.3 Å². The van der Waals surface area contributed by atoms with Gasteiger partial charge in [0.25, 0.3) is 0 Å². The van der Waals surface area contributed by atoms with Crippen LogP contribution >= 0.6 is 0 Å². The highest BCUT2D eigenvalue weighted by molar-refractivity contribution is 5.57. The second-order valence-electron chi connectivity index (χ2n) is 4.23. The van der Waals surface area contributed by atoms with E-state index in [9.17, 15) is 9.90 Å². The number of hydrogen-bond donors (Lipinski definition) is 2. The van der Waals surface area contributed by atoms with Crippen molar-refractivity contribution in [2.45, 2.75) is 31.4 Å². The maximum atomic E-state index is 10.9. The molecular formula is C10H19NO3. The van der Waals surface area contributed by atoms with Gasteiger partial charge in [0, 0.05) is 12.5 Å². The number of carbonyl (C=O) groups is 1. The standard InChI is InChI=1S/C10H19NO3/c1-9(7-13,11-3)10(2)8(6-12)4-5-14-10/h6,8,11,13H,4-5,7H2,1-3H3/t8?,9-,10+/m1/s1. The number of carbonyl (C=O) groups excluding carboxylic acids is 1. The molecule has 1 aliphatic rings. The zero-order valence-corrected chi connectivity index (χ0v) is 9.04. The minimum absolute atomic E-state index is 0.0513. The van der Waals surface area contributed by atoms with Crippen molar-refractivity contribution in [3.8, 4) is 0 Å². The highest BCUT2D eigenvalue weighted by atomic mass is 16.5. The van der Waals surface area contributed by atoms with Crippen molar-refractivity contribution in [1.82, 2.24) is 5.32 Å². The van der Waals surface area contributed by atoms with Crippen LogP contribution in [0.3, 0.4) is 0 Å². The van der Waals surface area contributed by atoms with E-state index in [1.54, 1.807) is 7.05 Å². The third kappa shape index (κ3) is 1.47. The number of aldehydes is 1. The van der Waals surface area contributed by atoms with E-state index in [1.165, 1.54) is 0 Å². The number of rotatable bonds is 4. The Balaban J connectivity index is 2.96. The van der Waals surface area contributed by atoms with Crippen molar-refractivity contribution in [3.63, 3.8) is 0 Å². The van der Waals surface area contributed by atoms with Crippen LogP contribution in [0.5, 0.6) is 0 Å². The first-order chi connectivity index (χ1) is 6.54. The van der Waals surface area contributed by atoms with Crippen molar-refractivity contribution in [3.05, 3.63) is 0 Å². The number of nitrogens with one attached hydrogen (secondary N) is 1. The molecule has 4 nitrogen and oxygen atoms in total. The molecule has 0 bridgehead atoms. The largest absolute Gasteiger partial charge is 0.394 e. The Kier molecular flexibility index (Phi) is 3.29. The molecule has 0 saturated carbocycles. The van der Waals surface area contributed by atoms with Crippen LogP contribution in [0.4, 0.5) is 0 Å². The van der Waals surface area contributed by atoms with Crippen LogP contribution in [0.25, 0.3) is 0 Å². The van der Waals surface area contributed by atoms with Gasteiger partial charge in [0.15, 0.2) is 0 Å². The van der Waals surface area contributed by atoms with Crippen LogP contribution in [0.15, 0.2) is 0 Å². The van der Waals surface area contributed by atoms with E-state index in [0.29, 0.717) is 6.61 Å². The molecular weight excluding hydrogens is 182 g/mol. The van der Waals surface area contributed by atoms with Gasteiger partial charge in [-0.3, -0.25) is 0 Å². The predicted octanol–water partition coefficient (Wildman–Crippen LogP) is -0.0491. The molecule has 4 heteroatoms. The highest BCUT2D eigenvalue weighted by Gasteiger charge is 2.52. The fraction of sp³-hybridized carbons (Fsp3) is 0.900. The number of aliphatic hydroxyl groups is 1. The number of likely N-dealkylation sites (N-methyl/N-ethyl adjacent to an activating group) is 1. The normalized spacial score (nSPS) is 36.7. The van der Waals surface area contributed by atoms with Crippen LogP contribution in [-0.2, 0) is 9.53 Å². The molecule has 0 aromatic heterocycles. The summed E-state index contributed by atoms with van der Waals surface area (Å²) in [6, 6.07) is 0. The lowest BCUT2D eigenvalue weighted by molar-refractivity contribution is -0.125. The van der Waals surface area contributed by atoms with Gasteiger partial charge >= 0.3 is 0 Å². The smallest absolute Gasteiger partial charge is 0.126 e. The summed E-state index contributed by atoms with van der Waals surface area (Å²) in [6.45, 7) is 4.28. The molecule has 2 N–H and O–H groups in total. The van der Waals surface area contributed by atoms with Crippen LogP contribution in [0, 0.1) is 5.92 Å². The summed E-state index contributed by atoms with van der Waals surface area (Å²) in [5, 5.41) is 12.4. The summed E-state index contributed by atoms with van der Waals surface area (Å²) in [7, 11) is 1.77.